The molecule has 1 amide bonds. The van der Waals surface area contributed by atoms with Crippen molar-refractivity contribution in [2.45, 2.75) is 19.4 Å². The van der Waals surface area contributed by atoms with E-state index in [1.807, 2.05) is 30.5 Å². The second kappa shape index (κ2) is 8.62. The summed E-state index contributed by atoms with van der Waals surface area (Å²) < 4.78 is 0. The SMILES string of the molecule is O=C(Nc1cccnc1)c1ccc2cccc(-c3ccc(CN4CCCC4)nc3)c2n1. The third-order valence-electron chi connectivity index (χ3n) is 5.59. The monoisotopic (exact) mass is 409 g/mol. The first-order valence-electron chi connectivity index (χ1n) is 10.5. The van der Waals surface area contributed by atoms with E-state index < -0.39 is 0 Å². The van der Waals surface area contributed by atoms with Gasteiger partial charge < -0.3 is 5.32 Å². The van der Waals surface area contributed by atoms with E-state index in [2.05, 4.69) is 37.3 Å². The second-order valence-corrected chi connectivity index (χ2v) is 7.79. The van der Waals surface area contributed by atoms with Crippen LogP contribution in [0.5, 0.6) is 0 Å². The summed E-state index contributed by atoms with van der Waals surface area (Å²) in [6, 6.07) is 17.5. The van der Waals surface area contributed by atoms with E-state index in [-0.39, 0.29) is 5.91 Å². The fourth-order valence-electron chi connectivity index (χ4n) is 3.99. The van der Waals surface area contributed by atoms with Crippen molar-refractivity contribution in [1.29, 1.82) is 0 Å². The van der Waals surface area contributed by atoms with Crippen LogP contribution in [-0.2, 0) is 6.54 Å². The molecule has 0 bridgehead atoms. The van der Waals surface area contributed by atoms with E-state index in [0.29, 0.717) is 11.4 Å². The minimum absolute atomic E-state index is 0.260. The topological polar surface area (TPSA) is 71.0 Å². The lowest BCUT2D eigenvalue weighted by Gasteiger charge is -2.14. The molecule has 6 heteroatoms. The molecule has 0 atom stereocenters. The van der Waals surface area contributed by atoms with E-state index in [9.17, 15) is 4.79 Å². The van der Waals surface area contributed by atoms with Gasteiger partial charge in [-0.3, -0.25) is 19.7 Å². The Morgan fingerprint density at radius 2 is 1.87 bits per heavy atom. The number of nitrogens with one attached hydrogen (secondary N) is 1. The number of carbonyl (C=O) groups is 1. The highest BCUT2D eigenvalue weighted by Gasteiger charge is 2.14. The van der Waals surface area contributed by atoms with Crippen LogP contribution in [0.4, 0.5) is 5.69 Å². The van der Waals surface area contributed by atoms with Crippen molar-refractivity contribution in [2.75, 3.05) is 18.4 Å². The van der Waals surface area contributed by atoms with Crippen LogP contribution in [0.25, 0.3) is 22.0 Å². The second-order valence-electron chi connectivity index (χ2n) is 7.79. The number of hydrogen-bond acceptors (Lipinski definition) is 5. The molecule has 1 aliphatic heterocycles. The van der Waals surface area contributed by atoms with Crippen LogP contribution < -0.4 is 5.32 Å². The van der Waals surface area contributed by atoms with Crippen molar-refractivity contribution in [2.24, 2.45) is 0 Å². The lowest BCUT2D eigenvalue weighted by atomic mass is 10.0. The van der Waals surface area contributed by atoms with Gasteiger partial charge in [-0.1, -0.05) is 30.3 Å². The van der Waals surface area contributed by atoms with Gasteiger partial charge in [0.1, 0.15) is 5.69 Å². The van der Waals surface area contributed by atoms with E-state index in [0.717, 1.165) is 47.4 Å². The van der Waals surface area contributed by atoms with Gasteiger partial charge in [0.2, 0.25) is 0 Å². The van der Waals surface area contributed by atoms with Crippen molar-refractivity contribution >= 4 is 22.5 Å². The average Bonchev–Trinajstić information content (AvgIpc) is 3.33. The van der Waals surface area contributed by atoms with Crippen molar-refractivity contribution in [3.05, 3.63) is 84.6 Å². The first-order valence-corrected chi connectivity index (χ1v) is 10.5. The number of hydrogen-bond donors (Lipinski definition) is 1. The standard InChI is InChI=1S/C25H23N5O/c31-25(28-20-6-4-12-26-16-20)23-11-9-18-5-3-7-22(24(18)29-23)19-8-10-21(27-15-19)17-30-13-1-2-14-30/h3-12,15-16H,1-2,13-14,17H2,(H,28,31). The zero-order chi connectivity index (χ0) is 21.0. The van der Waals surface area contributed by atoms with Gasteiger partial charge in [-0.25, -0.2) is 4.98 Å². The molecule has 1 aromatic carbocycles. The molecule has 0 radical (unpaired) electrons. The molecule has 31 heavy (non-hydrogen) atoms. The zero-order valence-corrected chi connectivity index (χ0v) is 17.2. The van der Waals surface area contributed by atoms with E-state index >= 15 is 0 Å². The highest BCUT2D eigenvalue weighted by atomic mass is 16.1. The number of aromatic nitrogens is 3. The fraction of sp³-hybridized carbons (Fsp3) is 0.200. The van der Waals surface area contributed by atoms with Gasteiger partial charge in [0.05, 0.1) is 23.1 Å². The molecule has 154 valence electrons. The minimum Gasteiger partial charge on any atom is -0.319 e. The lowest BCUT2D eigenvalue weighted by Crippen LogP contribution is -2.18. The van der Waals surface area contributed by atoms with E-state index in [1.165, 1.54) is 12.8 Å². The number of para-hydroxylation sites is 1. The smallest absolute Gasteiger partial charge is 0.274 e. The predicted molar refractivity (Wildman–Crippen MR) is 122 cm³/mol. The molecule has 1 saturated heterocycles. The van der Waals surface area contributed by atoms with Crippen LogP contribution in [0.1, 0.15) is 29.0 Å². The highest BCUT2D eigenvalue weighted by molar-refractivity contribution is 6.05. The maximum Gasteiger partial charge on any atom is 0.274 e. The summed E-state index contributed by atoms with van der Waals surface area (Å²) in [5.74, 6) is -0.260. The molecule has 0 aliphatic carbocycles. The molecule has 4 aromatic rings. The van der Waals surface area contributed by atoms with Crippen molar-refractivity contribution in [3.63, 3.8) is 0 Å². The van der Waals surface area contributed by atoms with Gasteiger partial charge in [0.15, 0.2) is 0 Å². The van der Waals surface area contributed by atoms with Crippen LogP contribution in [0.3, 0.4) is 0 Å². The highest BCUT2D eigenvalue weighted by Crippen LogP contribution is 2.27. The van der Waals surface area contributed by atoms with Gasteiger partial charge in [0.25, 0.3) is 5.91 Å². The average molecular weight is 409 g/mol. The van der Waals surface area contributed by atoms with Crippen LogP contribution >= 0.6 is 0 Å². The summed E-state index contributed by atoms with van der Waals surface area (Å²) >= 11 is 0. The molecule has 1 fully saturated rings. The molecule has 1 aliphatic rings. The molecule has 5 rings (SSSR count). The molecule has 0 spiro atoms. The van der Waals surface area contributed by atoms with E-state index in [1.54, 1.807) is 30.6 Å². The molecule has 4 heterocycles. The summed E-state index contributed by atoms with van der Waals surface area (Å²) in [4.78, 5) is 28.5. The Bertz CT molecular complexity index is 1200. The number of fused-ring (bicyclic) bond motifs is 1. The van der Waals surface area contributed by atoms with Crippen LogP contribution in [0.2, 0.25) is 0 Å². The zero-order valence-electron chi connectivity index (χ0n) is 17.2. The predicted octanol–water partition coefficient (Wildman–Crippen LogP) is 4.54. The van der Waals surface area contributed by atoms with Crippen molar-refractivity contribution in [1.82, 2.24) is 19.9 Å². The number of pyridine rings is 3. The van der Waals surface area contributed by atoms with Gasteiger partial charge in [-0.15, -0.1) is 0 Å². The van der Waals surface area contributed by atoms with Crippen LogP contribution in [-0.4, -0.2) is 38.8 Å². The summed E-state index contributed by atoms with van der Waals surface area (Å²) in [5, 5.41) is 3.83. The van der Waals surface area contributed by atoms with Gasteiger partial charge in [0, 0.05) is 35.5 Å². The minimum atomic E-state index is -0.260. The largest absolute Gasteiger partial charge is 0.319 e. The molecule has 6 nitrogen and oxygen atoms in total. The molecule has 0 unspecified atom stereocenters. The van der Waals surface area contributed by atoms with Crippen molar-refractivity contribution < 1.29 is 4.79 Å². The first kappa shape index (κ1) is 19.3. The number of amides is 1. The molecule has 0 saturated carbocycles. The Labute approximate surface area is 181 Å². The Balaban J connectivity index is 1.43. The summed E-state index contributed by atoms with van der Waals surface area (Å²) in [7, 11) is 0. The number of nitrogens with zero attached hydrogens (tertiary/aromatic N) is 4. The fourth-order valence-corrected chi connectivity index (χ4v) is 3.99. The third kappa shape index (κ3) is 4.29. The Hall–Kier alpha value is -3.64. The summed E-state index contributed by atoms with van der Waals surface area (Å²) in [6.45, 7) is 3.20. The molecular formula is C25H23N5O. The number of anilines is 1. The first-order chi connectivity index (χ1) is 15.3. The summed E-state index contributed by atoms with van der Waals surface area (Å²) in [5.41, 5.74) is 4.83. The Morgan fingerprint density at radius 3 is 2.65 bits per heavy atom. The maximum absolute atomic E-state index is 12.7. The Kier molecular flexibility index (Phi) is 5.37. The third-order valence-corrected chi connectivity index (χ3v) is 5.59. The maximum atomic E-state index is 12.7. The van der Waals surface area contributed by atoms with Gasteiger partial charge >= 0.3 is 0 Å². The molecular weight excluding hydrogens is 386 g/mol. The van der Waals surface area contributed by atoms with E-state index in [4.69, 9.17) is 0 Å². The summed E-state index contributed by atoms with van der Waals surface area (Å²) in [6.07, 6.45) is 7.73. The number of benzene rings is 1. The van der Waals surface area contributed by atoms with Gasteiger partial charge in [-0.2, -0.15) is 0 Å². The van der Waals surface area contributed by atoms with Crippen molar-refractivity contribution in [3.8, 4) is 11.1 Å². The van der Waals surface area contributed by atoms with Gasteiger partial charge in [-0.05, 0) is 50.2 Å². The molecule has 3 aromatic heterocycles. The Morgan fingerprint density at radius 1 is 0.968 bits per heavy atom. The molecule has 1 N–H and O–H groups in total. The number of rotatable bonds is 5. The number of carbonyl (C=O) groups excluding carboxylic acids is 1. The van der Waals surface area contributed by atoms with Crippen LogP contribution in [0, 0.1) is 0 Å². The number of likely N-dealkylation sites (tertiary alicyclic amines) is 1. The normalized spacial score (nSPS) is 14.1. The van der Waals surface area contributed by atoms with Crippen LogP contribution in [0.15, 0.2) is 73.2 Å². The quantitative estimate of drug-likeness (QED) is 0.524. The lowest BCUT2D eigenvalue weighted by molar-refractivity contribution is 0.102.